The van der Waals surface area contributed by atoms with E-state index in [0.29, 0.717) is 21.2 Å². The lowest BCUT2D eigenvalue weighted by molar-refractivity contribution is -0.123. The van der Waals surface area contributed by atoms with Crippen LogP contribution in [0.2, 0.25) is 15.3 Å². The quantitative estimate of drug-likeness (QED) is 0.183. The van der Waals surface area contributed by atoms with Gasteiger partial charge >= 0.3 is 0 Å². The van der Waals surface area contributed by atoms with Crippen LogP contribution in [-0.2, 0) is 11.3 Å². The fourth-order valence-electron chi connectivity index (χ4n) is 3.63. The minimum absolute atomic E-state index is 0.0793. The van der Waals surface area contributed by atoms with E-state index in [1.54, 1.807) is 30.3 Å². The monoisotopic (exact) mass is 559 g/mol. The summed E-state index contributed by atoms with van der Waals surface area (Å²) in [5.41, 5.74) is 0.929. The van der Waals surface area contributed by atoms with E-state index in [1.807, 2.05) is 24.3 Å². The van der Waals surface area contributed by atoms with Crippen molar-refractivity contribution in [2.45, 2.75) is 6.54 Å². The number of benzene rings is 3. The van der Waals surface area contributed by atoms with Gasteiger partial charge in [-0.1, -0.05) is 59.6 Å². The summed E-state index contributed by atoms with van der Waals surface area (Å²) in [7, 11) is 0. The van der Waals surface area contributed by atoms with Crippen molar-refractivity contribution in [1.82, 2.24) is 14.9 Å². The lowest BCUT2D eigenvalue weighted by atomic mass is 10.0. The molecule has 36 heavy (non-hydrogen) atoms. The first-order chi connectivity index (χ1) is 17.3. The zero-order chi connectivity index (χ0) is 25.4. The first-order valence-electron chi connectivity index (χ1n) is 10.4. The fraction of sp³-hybridized carbons (Fsp3) is 0.0400. The van der Waals surface area contributed by atoms with Crippen molar-refractivity contribution in [2.24, 2.45) is 0 Å². The molecule has 1 aliphatic rings. The van der Waals surface area contributed by atoms with Gasteiger partial charge in [-0.15, -0.1) is 0 Å². The molecule has 0 radical (unpaired) electrons. The molecule has 0 spiro atoms. The van der Waals surface area contributed by atoms with Crippen LogP contribution in [0.25, 0.3) is 16.8 Å². The average Bonchev–Trinajstić information content (AvgIpc) is 3.12. The molecule has 3 aromatic carbocycles. The van der Waals surface area contributed by atoms with Gasteiger partial charge < -0.3 is 4.74 Å². The number of rotatable bonds is 5. The Bertz CT molecular complexity index is 1560. The van der Waals surface area contributed by atoms with Crippen LogP contribution >= 0.6 is 46.6 Å². The van der Waals surface area contributed by atoms with Crippen molar-refractivity contribution in [3.63, 3.8) is 0 Å². The highest BCUT2D eigenvalue weighted by Gasteiger charge is 2.36. The second-order valence-electron chi connectivity index (χ2n) is 7.56. The van der Waals surface area contributed by atoms with Crippen LogP contribution < -0.4 is 4.74 Å². The Labute approximate surface area is 223 Å². The molecule has 0 bridgehead atoms. The number of carbonyl (C=O) groups excluding carboxylic acids is 2. The second-order valence-corrected chi connectivity index (χ2v) is 9.71. The van der Waals surface area contributed by atoms with Gasteiger partial charge in [0.25, 0.3) is 17.0 Å². The SMILES string of the molecule is O=C1S/C(=C/c2c(Oc3nc(Cl)ncc3F)ccc3ccccc23)C(=O)N1Cc1c(Cl)cccc1Cl. The first kappa shape index (κ1) is 24.5. The zero-order valence-corrected chi connectivity index (χ0v) is 21.1. The lowest BCUT2D eigenvalue weighted by Crippen LogP contribution is -2.27. The van der Waals surface area contributed by atoms with Crippen LogP contribution in [0.1, 0.15) is 11.1 Å². The average molecular weight is 561 g/mol. The van der Waals surface area contributed by atoms with E-state index in [2.05, 4.69) is 9.97 Å². The summed E-state index contributed by atoms with van der Waals surface area (Å²) in [6.45, 7) is -0.0793. The first-order valence-corrected chi connectivity index (χ1v) is 12.3. The summed E-state index contributed by atoms with van der Waals surface area (Å²) in [5.74, 6) is -1.49. The van der Waals surface area contributed by atoms with Gasteiger partial charge in [0.1, 0.15) is 5.75 Å². The summed E-state index contributed by atoms with van der Waals surface area (Å²) in [4.78, 5) is 34.6. The Balaban J connectivity index is 1.56. The molecule has 1 aliphatic heterocycles. The number of nitrogens with zero attached hydrogens (tertiary/aromatic N) is 3. The van der Waals surface area contributed by atoms with Crippen LogP contribution in [0.15, 0.2) is 65.7 Å². The highest BCUT2D eigenvalue weighted by Crippen LogP contribution is 2.39. The minimum atomic E-state index is -0.810. The highest BCUT2D eigenvalue weighted by atomic mass is 35.5. The summed E-state index contributed by atoms with van der Waals surface area (Å²) in [6, 6.07) is 15.7. The van der Waals surface area contributed by atoms with Crippen molar-refractivity contribution >= 4 is 74.6 Å². The molecule has 5 rings (SSSR count). The van der Waals surface area contributed by atoms with E-state index in [4.69, 9.17) is 39.5 Å². The standard InChI is InChI=1S/C25H13Cl3FN3O3S/c26-17-6-3-7-18(27)16(17)12-32-23(33)21(36-25(32)34)10-15-14-5-2-1-4-13(14)8-9-20(15)35-22-19(29)11-30-24(28)31-22/h1-11H,12H2/b21-10+. The number of amides is 2. The number of ether oxygens (including phenoxy) is 1. The number of hydrogen-bond acceptors (Lipinski definition) is 6. The number of fused-ring (bicyclic) bond motifs is 1. The number of thioether (sulfide) groups is 1. The van der Waals surface area contributed by atoms with Gasteiger partial charge in [-0.25, -0.2) is 4.98 Å². The maximum Gasteiger partial charge on any atom is 0.293 e. The summed E-state index contributed by atoms with van der Waals surface area (Å²) < 4.78 is 20.0. The molecule has 2 heterocycles. The predicted octanol–water partition coefficient (Wildman–Crippen LogP) is 7.76. The molecule has 4 aromatic rings. The van der Waals surface area contributed by atoms with E-state index >= 15 is 0 Å². The maximum atomic E-state index is 14.3. The van der Waals surface area contributed by atoms with E-state index < -0.39 is 17.0 Å². The van der Waals surface area contributed by atoms with Crippen LogP contribution in [-0.4, -0.2) is 26.0 Å². The number of hydrogen-bond donors (Lipinski definition) is 0. The zero-order valence-electron chi connectivity index (χ0n) is 18.0. The second kappa shape index (κ2) is 10.1. The van der Waals surface area contributed by atoms with Gasteiger partial charge in [0.15, 0.2) is 0 Å². The van der Waals surface area contributed by atoms with Gasteiger partial charge in [0.2, 0.25) is 11.1 Å². The van der Waals surface area contributed by atoms with Crippen molar-refractivity contribution in [2.75, 3.05) is 0 Å². The van der Waals surface area contributed by atoms with E-state index in [9.17, 15) is 14.0 Å². The van der Waals surface area contributed by atoms with Gasteiger partial charge in [-0.2, -0.15) is 9.37 Å². The van der Waals surface area contributed by atoms with Gasteiger partial charge in [0.05, 0.1) is 17.6 Å². The number of imide groups is 1. The third-order valence-corrected chi connectivity index (χ3v) is 7.14. The third kappa shape index (κ3) is 4.77. The van der Waals surface area contributed by atoms with E-state index in [-0.39, 0.29) is 28.4 Å². The molecule has 180 valence electrons. The van der Waals surface area contributed by atoms with Crippen LogP contribution in [0.4, 0.5) is 9.18 Å². The highest BCUT2D eigenvalue weighted by molar-refractivity contribution is 8.18. The summed E-state index contributed by atoms with van der Waals surface area (Å²) >= 11 is 19.0. The summed E-state index contributed by atoms with van der Waals surface area (Å²) in [5, 5.41) is 1.60. The third-order valence-electron chi connectivity index (χ3n) is 5.35. The number of aromatic nitrogens is 2. The van der Waals surface area contributed by atoms with Gasteiger partial charge in [0, 0.05) is 21.2 Å². The molecular formula is C25H13Cl3FN3O3S. The molecule has 1 saturated heterocycles. The van der Waals surface area contributed by atoms with Crippen LogP contribution in [0.5, 0.6) is 11.6 Å². The maximum absolute atomic E-state index is 14.3. The van der Waals surface area contributed by atoms with Crippen molar-refractivity contribution < 1.29 is 18.7 Å². The molecule has 0 N–H and O–H groups in total. The number of halogens is 4. The molecule has 0 saturated carbocycles. The molecule has 0 aliphatic carbocycles. The normalized spacial score (nSPS) is 14.8. The lowest BCUT2D eigenvalue weighted by Gasteiger charge is -2.15. The van der Waals surface area contributed by atoms with Crippen molar-refractivity contribution in [3.8, 4) is 11.6 Å². The Morgan fingerprint density at radius 1 is 1.00 bits per heavy atom. The summed E-state index contributed by atoms with van der Waals surface area (Å²) in [6.07, 6.45) is 2.44. The van der Waals surface area contributed by atoms with Crippen LogP contribution in [0, 0.1) is 5.82 Å². The molecule has 0 unspecified atom stereocenters. The Morgan fingerprint density at radius 3 is 2.53 bits per heavy atom. The molecule has 1 aromatic heterocycles. The number of carbonyl (C=O) groups is 2. The Kier molecular flexibility index (Phi) is 6.85. The molecule has 0 atom stereocenters. The predicted molar refractivity (Wildman–Crippen MR) is 139 cm³/mol. The molecule has 6 nitrogen and oxygen atoms in total. The van der Waals surface area contributed by atoms with Gasteiger partial charge in [-0.3, -0.25) is 14.5 Å². The largest absolute Gasteiger partial charge is 0.436 e. The van der Waals surface area contributed by atoms with Crippen molar-refractivity contribution in [1.29, 1.82) is 0 Å². The minimum Gasteiger partial charge on any atom is -0.436 e. The Hall–Kier alpha value is -3.17. The van der Waals surface area contributed by atoms with Gasteiger partial charge in [-0.05, 0) is 58.4 Å². The fourth-order valence-corrected chi connectivity index (χ4v) is 5.09. The topological polar surface area (TPSA) is 72.4 Å². The Morgan fingerprint density at radius 2 is 1.75 bits per heavy atom. The van der Waals surface area contributed by atoms with Crippen molar-refractivity contribution in [3.05, 3.63) is 98.0 Å². The molecule has 11 heteroatoms. The van der Waals surface area contributed by atoms with E-state index in [1.165, 1.54) is 6.08 Å². The smallest absolute Gasteiger partial charge is 0.293 e. The van der Waals surface area contributed by atoms with Crippen LogP contribution in [0.3, 0.4) is 0 Å². The molecular weight excluding hydrogens is 548 g/mol. The van der Waals surface area contributed by atoms with E-state index in [0.717, 1.165) is 33.6 Å². The molecule has 1 fully saturated rings. The molecule has 2 amide bonds.